The first-order valence-electron chi connectivity index (χ1n) is 11.3. The maximum Gasteiger partial charge on any atom is 0.0630 e. The van der Waals surface area contributed by atoms with Gasteiger partial charge in [-0.1, -0.05) is 78.1 Å². The Bertz CT molecular complexity index is 1390. The molecule has 4 rings (SSSR count). The minimum absolute atomic E-state index is 0.102. The van der Waals surface area contributed by atoms with E-state index < -0.39 is 60.4 Å². The van der Waals surface area contributed by atoms with Crippen molar-refractivity contribution in [2.24, 2.45) is 0 Å². The molecule has 0 N–H and O–H groups in total. The first-order valence-corrected chi connectivity index (χ1v) is 7.53. The zero-order chi connectivity index (χ0) is 23.6. The lowest BCUT2D eigenvalue weighted by Crippen LogP contribution is -1.79. The number of halogens is 1. The van der Waals surface area contributed by atoms with Crippen LogP contribution in [0.1, 0.15) is 13.7 Å². The summed E-state index contributed by atoms with van der Waals surface area (Å²) >= 11 is 7.21. The van der Waals surface area contributed by atoms with E-state index in [0.717, 1.165) is 11.3 Å². The van der Waals surface area contributed by atoms with Gasteiger partial charge in [0.05, 0.1) is 13.7 Å². The highest BCUT2D eigenvalue weighted by Gasteiger charge is 2.15. The van der Waals surface area contributed by atoms with Crippen molar-refractivity contribution >= 4 is 33.0 Å². The van der Waals surface area contributed by atoms with E-state index in [2.05, 4.69) is 0 Å². The average Bonchev–Trinajstić information content (AvgIpc) is 3.11. The summed E-state index contributed by atoms with van der Waals surface area (Å²) in [6, 6.07) is -0.130. The fourth-order valence-electron chi connectivity index (χ4n) is 2.23. The SMILES string of the molecule is [2H]c1c([2H])c([2H])c(-c2sc3cc(Cl)ccc3c2-c2c([2H])c([2H])c([2H])c([2H])c2[2H])c([2H])c1[2H]. The third-order valence-corrected chi connectivity index (χ3v) is 4.53. The fourth-order valence-corrected chi connectivity index (χ4v) is 3.67. The summed E-state index contributed by atoms with van der Waals surface area (Å²) in [4.78, 5) is 0.206. The molecule has 22 heavy (non-hydrogen) atoms. The van der Waals surface area contributed by atoms with Crippen molar-refractivity contribution in [3.05, 3.63) is 83.6 Å². The van der Waals surface area contributed by atoms with Gasteiger partial charge in [0.2, 0.25) is 0 Å². The van der Waals surface area contributed by atoms with Crippen LogP contribution in [0.25, 0.3) is 31.7 Å². The van der Waals surface area contributed by atoms with Gasteiger partial charge in [-0.05, 0) is 23.3 Å². The third-order valence-electron chi connectivity index (χ3n) is 3.13. The molecule has 2 heteroatoms. The Balaban J connectivity index is 2.25. The van der Waals surface area contributed by atoms with E-state index in [9.17, 15) is 0 Å². The summed E-state index contributed by atoms with van der Waals surface area (Å²) in [6.45, 7) is 0. The van der Waals surface area contributed by atoms with Crippen molar-refractivity contribution in [1.29, 1.82) is 0 Å². The van der Waals surface area contributed by atoms with Gasteiger partial charge in [0.15, 0.2) is 0 Å². The zero-order valence-corrected chi connectivity index (χ0v) is 12.6. The van der Waals surface area contributed by atoms with E-state index in [1.165, 1.54) is 0 Å². The first-order chi connectivity index (χ1) is 15.0. The molecule has 0 saturated heterocycles. The van der Waals surface area contributed by atoms with Gasteiger partial charge >= 0.3 is 0 Å². The van der Waals surface area contributed by atoms with E-state index in [0.29, 0.717) is 15.1 Å². The number of benzene rings is 3. The third kappa shape index (κ3) is 2.33. The van der Waals surface area contributed by atoms with E-state index in [1.807, 2.05) is 0 Å². The molecule has 0 atom stereocenters. The lowest BCUT2D eigenvalue weighted by Gasteiger charge is -2.05. The molecule has 0 aliphatic heterocycles. The largest absolute Gasteiger partial charge is 0.134 e. The van der Waals surface area contributed by atoms with Crippen molar-refractivity contribution in [2.75, 3.05) is 0 Å². The molecule has 4 aromatic rings. The summed E-state index contributed by atoms with van der Waals surface area (Å²) in [6.07, 6.45) is 0. The minimum atomic E-state index is -0.546. The van der Waals surface area contributed by atoms with Crippen LogP contribution in [0.2, 0.25) is 5.02 Å². The second kappa shape index (κ2) is 5.60. The zero-order valence-electron chi connectivity index (χ0n) is 21.0. The van der Waals surface area contributed by atoms with Crippen LogP contribution in [0.5, 0.6) is 0 Å². The molecule has 0 aliphatic carbocycles. The molecule has 0 fully saturated rings. The molecule has 0 unspecified atom stereocenters. The minimum Gasteiger partial charge on any atom is -0.134 e. The van der Waals surface area contributed by atoms with Gasteiger partial charge in [-0.3, -0.25) is 0 Å². The Morgan fingerprint density at radius 3 is 2.14 bits per heavy atom. The van der Waals surface area contributed by atoms with Gasteiger partial charge in [0, 0.05) is 25.5 Å². The van der Waals surface area contributed by atoms with Crippen LogP contribution < -0.4 is 0 Å². The molecule has 3 aromatic carbocycles. The maximum absolute atomic E-state index is 8.42. The molecular weight excluding hydrogens is 308 g/mol. The van der Waals surface area contributed by atoms with Gasteiger partial charge in [-0.15, -0.1) is 11.3 Å². The Morgan fingerprint density at radius 2 is 1.45 bits per heavy atom. The van der Waals surface area contributed by atoms with Crippen LogP contribution in [0.15, 0.2) is 78.6 Å². The van der Waals surface area contributed by atoms with Gasteiger partial charge < -0.3 is 0 Å². The second-order valence-corrected chi connectivity index (χ2v) is 5.94. The van der Waals surface area contributed by atoms with Crippen LogP contribution in [-0.4, -0.2) is 0 Å². The average molecular weight is 331 g/mol. The molecule has 0 aliphatic rings. The second-order valence-electron chi connectivity index (χ2n) is 4.45. The first kappa shape index (κ1) is 6.57. The summed E-state index contributed by atoms with van der Waals surface area (Å²) < 4.78 is 82.1. The van der Waals surface area contributed by atoms with Gasteiger partial charge in [-0.2, -0.15) is 0 Å². The number of rotatable bonds is 2. The molecule has 0 amide bonds. The van der Waals surface area contributed by atoms with E-state index in [-0.39, 0.29) is 21.6 Å². The number of hydrogen-bond donors (Lipinski definition) is 0. The van der Waals surface area contributed by atoms with Crippen LogP contribution in [0.3, 0.4) is 0 Å². The molecule has 1 aromatic heterocycles. The summed E-state index contributed by atoms with van der Waals surface area (Å²) in [5.41, 5.74) is -0.00119. The normalized spacial score (nSPS) is 17.3. The van der Waals surface area contributed by atoms with E-state index in [4.69, 9.17) is 25.3 Å². The smallest absolute Gasteiger partial charge is 0.0630 e. The lowest BCUT2D eigenvalue weighted by molar-refractivity contribution is 1.66. The fraction of sp³-hybridized carbons (Fsp3) is 0. The van der Waals surface area contributed by atoms with Crippen molar-refractivity contribution in [3.8, 4) is 21.6 Å². The predicted molar refractivity (Wildman–Crippen MR) is 97.7 cm³/mol. The highest BCUT2D eigenvalue weighted by molar-refractivity contribution is 7.23. The molecule has 0 saturated carbocycles. The predicted octanol–water partition coefficient (Wildman–Crippen LogP) is 6.89. The highest BCUT2D eigenvalue weighted by atomic mass is 35.5. The molecule has 0 spiro atoms. The molecule has 106 valence electrons. The van der Waals surface area contributed by atoms with Crippen LogP contribution in [0, 0.1) is 0 Å². The van der Waals surface area contributed by atoms with Gasteiger partial charge in [0.25, 0.3) is 0 Å². The Kier molecular flexibility index (Phi) is 1.67. The van der Waals surface area contributed by atoms with Gasteiger partial charge in [0.1, 0.15) is 0 Å². The molecule has 0 nitrogen and oxygen atoms in total. The van der Waals surface area contributed by atoms with Crippen molar-refractivity contribution < 1.29 is 13.7 Å². The highest BCUT2D eigenvalue weighted by Crippen LogP contribution is 2.45. The Hall–Kier alpha value is -2.09. The standard InChI is InChI=1S/C20H13ClS/c21-16-11-12-17-18(13-16)22-20(15-9-5-2-6-10-15)19(17)14-7-3-1-4-8-14/h1-13H/i1D,2D,3D,4D,5D,6D,7D,8D,9D,10D. The van der Waals surface area contributed by atoms with Crippen molar-refractivity contribution in [2.45, 2.75) is 0 Å². The number of hydrogen-bond acceptors (Lipinski definition) is 1. The monoisotopic (exact) mass is 330 g/mol. The molecule has 1 heterocycles. The Morgan fingerprint density at radius 1 is 0.818 bits per heavy atom. The van der Waals surface area contributed by atoms with Crippen LogP contribution in [0.4, 0.5) is 0 Å². The summed E-state index contributed by atoms with van der Waals surface area (Å²) in [7, 11) is 0. The van der Waals surface area contributed by atoms with Crippen LogP contribution >= 0.6 is 22.9 Å². The van der Waals surface area contributed by atoms with Gasteiger partial charge in [-0.25, -0.2) is 0 Å². The maximum atomic E-state index is 8.42. The lowest BCUT2D eigenvalue weighted by atomic mass is 9.99. The molecular formula is C20H13ClS. The van der Waals surface area contributed by atoms with Crippen molar-refractivity contribution in [1.82, 2.24) is 0 Å². The molecule has 0 bridgehead atoms. The summed E-state index contributed by atoms with van der Waals surface area (Å²) in [5.74, 6) is 0. The number of fused-ring (bicyclic) bond motifs is 1. The van der Waals surface area contributed by atoms with E-state index >= 15 is 0 Å². The van der Waals surface area contributed by atoms with Crippen LogP contribution in [-0.2, 0) is 0 Å². The van der Waals surface area contributed by atoms with Crippen molar-refractivity contribution in [3.63, 3.8) is 0 Å². The number of thiophene rings is 1. The van der Waals surface area contributed by atoms with E-state index in [1.54, 1.807) is 18.2 Å². The summed E-state index contributed by atoms with van der Waals surface area (Å²) in [5, 5.41) is 0.902. The Labute approximate surface area is 152 Å². The molecule has 0 radical (unpaired) electrons. The quantitative estimate of drug-likeness (QED) is 0.375. The topological polar surface area (TPSA) is 0 Å².